The van der Waals surface area contributed by atoms with Gasteiger partial charge in [0.25, 0.3) is 0 Å². The van der Waals surface area contributed by atoms with E-state index in [0.29, 0.717) is 11.6 Å². The predicted octanol–water partition coefficient (Wildman–Crippen LogP) is 2.58. The zero-order valence-corrected chi connectivity index (χ0v) is 12.3. The second-order valence-corrected chi connectivity index (χ2v) is 6.81. The molecule has 1 aliphatic carbocycles. The van der Waals surface area contributed by atoms with E-state index in [1.165, 1.54) is 31.4 Å². The van der Waals surface area contributed by atoms with Crippen molar-refractivity contribution in [2.45, 2.75) is 37.8 Å². The van der Waals surface area contributed by atoms with Crippen LogP contribution in [-0.4, -0.2) is 36.7 Å². The van der Waals surface area contributed by atoms with Gasteiger partial charge in [0.2, 0.25) is 0 Å². The number of ether oxygens (including phenoxy) is 1. The van der Waals surface area contributed by atoms with E-state index in [9.17, 15) is 0 Å². The summed E-state index contributed by atoms with van der Waals surface area (Å²) in [7, 11) is 0. The highest BCUT2D eigenvalue weighted by atomic mass is 16.5. The summed E-state index contributed by atoms with van der Waals surface area (Å²) >= 11 is 0. The quantitative estimate of drug-likeness (QED) is 0.895. The number of hydrogen-bond acceptors (Lipinski definition) is 3. The summed E-state index contributed by atoms with van der Waals surface area (Å²) in [5.41, 5.74) is 1.68. The molecule has 0 aromatic heterocycles. The van der Waals surface area contributed by atoms with Crippen molar-refractivity contribution >= 4 is 0 Å². The lowest BCUT2D eigenvalue weighted by Gasteiger charge is -2.36. The first-order chi connectivity index (χ1) is 9.76. The Morgan fingerprint density at radius 3 is 3.00 bits per heavy atom. The molecule has 2 aliphatic heterocycles. The smallest absolute Gasteiger partial charge is 0.124 e. The molecule has 20 heavy (non-hydrogen) atoms. The molecule has 0 spiro atoms. The Labute approximate surface area is 121 Å². The van der Waals surface area contributed by atoms with Gasteiger partial charge in [-0.05, 0) is 44.7 Å². The number of rotatable bonds is 2. The monoisotopic (exact) mass is 272 g/mol. The van der Waals surface area contributed by atoms with Gasteiger partial charge in [0, 0.05) is 24.2 Å². The molecule has 1 N–H and O–H groups in total. The Bertz CT molecular complexity index is 500. The van der Waals surface area contributed by atoms with Gasteiger partial charge in [-0.15, -0.1) is 0 Å². The number of benzene rings is 1. The standard InChI is InChI=1S/C17H24N2O/c1-17(13-7-8-13)12-19(10-4-9-18-17)15-11-20-16-6-3-2-5-14(15)16/h2-3,5-6,13,15,18H,4,7-12H2,1H3. The van der Waals surface area contributed by atoms with Gasteiger partial charge in [0.15, 0.2) is 0 Å². The molecule has 2 unspecified atom stereocenters. The SMILES string of the molecule is CC1(C2CC2)CN(C2COc3ccccc32)CCCN1. The van der Waals surface area contributed by atoms with Crippen LogP contribution in [0.3, 0.4) is 0 Å². The van der Waals surface area contributed by atoms with Gasteiger partial charge in [0.05, 0.1) is 6.04 Å². The summed E-state index contributed by atoms with van der Waals surface area (Å²) in [5.74, 6) is 1.96. The molecule has 1 saturated carbocycles. The van der Waals surface area contributed by atoms with Crippen LogP contribution in [0, 0.1) is 5.92 Å². The molecule has 3 heteroatoms. The van der Waals surface area contributed by atoms with Crippen molar-refractivity contribution in [1.29, 1.82) is 0 Å². The van der Waals surface area contributed by atoms with Crippen molar-refractivity contribution in [3.63, 3.8) is 0 Å². The summed E-state index contributed by atoms with van der Waals surface area (Å²) in [6.45, 7) is 6.72. The lowest BCUT2D eigenvalue weighted by atomic mass is 9.94. The summed E-state index contributed by atoms with van der Waals surface area (Å²) < 4.78 is 5.89. The third-order valence-electron chi connectivity index (χ3n) is 5.28. The fraction of sp³-hybridized carbons (Fsp3) is 0.647. The van der Waals surface area contributed by atoms with Crippen LogP contribution in [0.4, 0.5) is 0 Å². The molecular formula is C17H24N2O. The van der Waals surface area contributed by atoms with E-state index in [2.05, 4.69) is 41.4 Å². The molecule has 0 radical (unpaired) electrons. The Morgan fingerprint density at radius 1 is 1.30 bits per heavy atom. The zero-order valence-electron chi connectivity index (χ0n) is 12.3. The molecule has 1 aromatic rings. The summed E-state index contributed by atoms with van der Waals surface area (Å²) in [5, 5.41) is 3.81. The maximum absolute atomic E-state index is 5.89. The normalized spacial score (nSPS) is 34.4. The fourth-order valence-electron chi connectivity index (χ4n) is 3.92. The topological polar surface area (TPSA) is 24.5 Å². The minimum Gasteiger partial charge on any atom is -0.491 e. The Kier molecular flexibility index (Phi) is 3.00. The maximum Gasteiger partial charge on any atom is 0.124 e. The van der Waals surface area contributed by atoms with Crippen molar-refractivity contribution in [1.82, 2.24) is 10.2 Å². The lowest BCUT2D eigenvalue weighted by molar-refractivity contribution is 0.130. The van der Waals surface area contributed by atoms with Gasteiger partial charge in [0.1, 0.15) is 12.4 Å². The Hall–Kier alpha value is -1.06. The lowest BCUT2D eigenvalue weighted by Crippen LogP contribution is -2.51. The molecule has 3 aliphatic rings. The van der Waals surface area contributed by atoms with E-state index in [-0.39, 0.29) is 0 Å². The predicted molar refractivity (Wildman–Crippen MR) is 80.0 cm³/mol. The third kappa shape index (κ3) is 2.13. The number of fused-ring (bicyclic) bond motifs is 1. The number of hydrogen-bond donors (Lipinski definition) is 1. The van der Waals surface area contributed by atoms with E-state index in [1.54, 1.807) is 0 Å². The van der Waals surface area contributed by atoms with Crippen molar-refractivity contribution < 1.29 is 4.74 Å². The first kappa shape index (κ1) is 12.7. The first-order valence-electron chi connectivity index (χ1n) is 7.97. The van der Waals surface area contributed by atoms with Gasteiger partial charge >= 0.3 is 0 Å². The van der Waals surface area contributed by atoms with Gasteiger partial charge < -0.3 is 10.1 Å². The van der Waals surface area contributed by atoms with Gasteiger partial charge in [-0.25, -0.2) is 0 Å². The van der Waals surface area contributed by atoms with Gasteiger partial charge in [-0.2, -0.15) is 0 Å². The minimum absolute atomic E-state index is 0.300. The van der Waals surface area contributed by atoms with Crippen LogP contribution in [0.15, 0.2) is 24.3 Å². The number of nitrogens with one attached hydrogen (secondary N) is 1. The minimum atomic E-state index is 0.300. The van der Waals surface area contributed by atoms with Crippen LogP contribution in [0.25, 0.3) is 0 Å². The number of nitrogens with zero attached hydrogens (tertiary/aromatic N) is 1. The van der Waals surface area contributed by atoms with Crippen LogP contribution in [0.5, 0.6) is 5.75 Å². The number of para-hydroxylation sites is 1. The van der Waals surface area contributed by atoms with Crippen molar-refractivity contribution in [2.24, 2.45) is 5.92 Å². The summed E-state index contributed by atoms with van der Waals surface area (Å²) in [4.78, 5) is 2.66. The second kappa shape index (κ2) is 4.74. The third-order valence-corrected chi connectivity index (χ3v) is 5.28. The second-order valence-electron chi connectivity index (χ2n) is 6.81. The molecule has 108 valence electrons. The van der Waals surface area contributed by atoms with E-state index >= 15 is 0 Å². The molecule has 2 heterocycles. The van der Waals surface area contributed by atoms with Crippen LogP contribution in [-0.2, 0) is 0 Å². The maximum atomic E-state index is 5.89. The van der Waals surface area contributed by atoms with Gasteiger partial charge in [-0.3, -0.25) is 4.90 Å². The van der Waals surface area contributed by atoms with E-state index < -0.39 is 0 Å². The molecule has 0 amide bonds. The Balaban J connectivity index is 1.58. The summed E-state index contributed by atoms with van der Waals surface area (Å²) in [6.07, 6.45) is 4.03. The zero-order chi connectivity index (χ0) is 13.6. The molecule has 0 bridgehead atoms. The molecule has 3 nitrogen and oxygen atoms in total. The first-order valence-corrected chi connectivity index (χ1v) is 7.97. The van der Waals surface area contributed by atoms with E-state index in [1.807, 2.05) is 0 Å². The molecule has 2 fully saturated rings. The highest BCUT2D eigenvalue weighted by Gasteiger charge is 2.44. The van der Waals surface area contributed by atoms with Crippen LogP contribution >= 0.6 is 0 Å². The Morgan fingerprint density at radius 2 is 2.15 bits per heavy atom. The average molecular weight is 272 g/mol. The molecule has 4 rings (SSSR count). The highest BCUT2D eigenvalue weighted by Crippen LogP contribution is 2.43. The van der Waals surface area contributed by atoms with Crippen molar-refractivity contribution in [3.8, 4) is 5.75 Å². The van der Waals surface area contributed by atoms with Crippen LogP contribution in [0.1, 0.15) is 37.8 Å². The largest absolute Gasteiger partial charge is 0.491 e. The molecule has 1 saturated heterocycles. The van der Waals surface area contributed by atoms with Crippen molar-refractivity contribution in [3.05, 3.63) is 29.8 Å². The fourth-order valence-corrected chi connectivity index (χ4v) is 3.92. The molecule has 1 aromatic carbocycles. The molecule has 2 atom stereocenters. The molecular weight excluding hydrogens is 248 g/mol. The van der Waals surface area contributed by atoms with E-state index in [4.69, 9.17) is 4.74 Å². The average Bonchev–Trinajstić information content (AvgIpc) is 3.25. The van der Waals surface area contributed by atoms with Crippen LogP contribution < -0.4 is 10.1 Å². The van der Waals surface area contributed by atoms with Gasteiger partial charge in [-0.1, -0.05) is 18.2 Å². The van der Waals surface area contributed by atoms with Crippen molar-refractivity contribution in [2.75, 3.05) is 26.2 Å². The highest BCUT2D eigenvalue weighted by molar-refractivity contribution is 5.39. The summed E-state index contributed by atoms with van der Waals surface area (Å²) in [6, 6.07) is 8.99. The van der Waals surface area contributed by atoms with E-state index in [0.717, 1.165) is 31.4 Å². The van der Waals surface area contributed by atoms with Crippen LogP contribution in [0.2, 0.25) is 0 Å².